The molecular weight excluding hydrogens is 471 g/mol. The first kappa shape index (κ1) is 24.0. The molecule has 1 aliphatic heterocycles. The number of carbonyl (C=O) groups excluding carboxylic acids is 2. The Morgan fingerprint density at radius 1 is 1.16 bits per heavy atom. The van der Waals surface area contributed by atoms with Gasteiger partial charge in [-0.25, -0.2) is 13.1 Å². The summed E-state index contributed by atoms with van der Waals surface area (Å²) in [5.74, 6) is -0.511. The molecule has 0 saturated carbocycles. The predicted octanol–water partition coefficient (Wildman–Crippen LogP) is 3.79. The third kappa shape index (κ3) is 5.78. The van der Waals surface area contributed by atoms with Crippen molar-refractivity contribution in [1.82, 2.24) is 4.72 Å². The smallest absolute Gasteiger partial charge is 0.326 e. The molecule has 1 aliphatic rings. The summed E-state index contributed by atoms with van der Waals surface area (Å²) >= 11 is 5.50. The van der Waals surface area contributed by atoms with Gasteiger partial charge in [-0.2, -0.15) is 13.2 Å². The van der Waals surface area contributed by atoms with Crippen molar-refractivity contribution in [2.45, 2.75) is 30.3 Å². The number of alkyl halides is 3. The maximum absolute atomic E-state index is 13.0. The summed E-state index contributed by atoms with van der Waals surface area (Å²) in [5.41, 5.74) is -0.187. The molecule has 0 bridgehead atoms. The van der Waals surface area contributed by atoms with Crippen LogP contribution < -0.4 is 14.9 Å². The molecule has 2 aromatic rings. The number of amides is 2. The minimum Gasteiger partial charge on any atom is -0.326 e. The summed E-state index contributed by atoms with van der Waals surface area (Å²) in [6.45, 7) is 0.265. The van der Waals surface area contributed by atoms with Gasteiger partial charge in [-0.3, -0.25) is 9.59 Å². The van der Waals surface area contributed by atoms with Gasteiger partial charge < -0.3 is 10.2 Å². The van der Waals surface area contributed by atoms with Crippen LogP contribution >= 0.6 is 11.6 Å². The minimum absolute atomic E-state index is 0.00115. The minimum atomic E-state index is -4.81. The average Bonchev–Trinajstić information content (AvgIpc) is 3.13. The van der Waals surface area contributed by atoms with Gasteiger partial charge in [0.05, 0.1) is 15.5 Å². The molecule has 1 saturated heterocycles. The van der Waals surface area contributed by atoms with E-state index >= 15 is 0 Å². The quantitative estimate of drug-likeness (QED) is 0.618. The van der Waals surface area contributed by atoms with Crippen LogP contribution in [0, 0.1) is 0 Å². The first-order valence-electron chi connectivity index (χ1n) is 9.54. The van der Waals surface area contributed by atoms with E-state index in [1.54, 1.807) is 29.2 Å². The third-order valence-electron chi connectivity index (χ3n) is 4.71. The monoisotopic (exact) mass is 489 g/mol. The number of benzene rings is 2. The second kappa shape index (κ2) is 9.47. The lowest BCUT2D eigenvalue weighted by molar-refractivity contribution is -0.137. The van der Waals surface area contributed by atoms with Crippen LogP contribution in [0.4, 0.5) is 24.5 Å². The number of hydrogen-bond donors (Lipinski definition) is 2. The van der Waals surface area contributed by atoms with Crippen LogP contribution in [0.5, 0.6) is 0 Å². The fraction of sp³-hybridized carbons (Fsp3) is 0.300. The molecule has 3 rings (SSSR count). The molecule has 0 atom stereocenters. The largest absolute Gasteiger partial charge is 0.417 e. The van der Waals surface area contributed by atoms with Gasteiger partial charge in [0.25, 0.3) is 0 Å². The molecule has 1 heterocycles. The summed E-state index contributed by atoms with van der Waals surface area (Å²) in [6.07, 6.45) is -3.84. The number of hydrogen-bond acceptors (Lipinski definition) is 4. The highest BCUT2D eigenvalue weighted by atomic mass is 35.5. The van der Waals surface area contributed by atoms with Gasteiger partial charge in [-0.1, -0.05) is 17.7 Å². The van der Waals surface area contributed by atoms with Gasteiger partial charge in [0.1, 0.15) is 0 Å². The molecule has 0 aromatic heterocycles. The summed E-state index contributed by atoms with van der Waals surface area (Å²) in [6, 6.07) is 8.92. The standard InChI is InChI=1S/C20H19ClF3N3O4S/c21-17-7-6-15(12-16(17)20(22,23)24)32(30,31)25-9-8-18(28)26-13-3-1-4-14(11-13)27-10-2-5-19(27)29/h1,3-4,6-7,11-12,25H,2,5,8-10H2,(H,26,28). The lowest BCUT2D eigenvalue weighted by atomic mass is 10.2. The van der Waals surface area contributed by atoms with E-state index in [1.807, 2.05) is 0 Å². The molecule has 0 aliphatic carbocycles. The second-order valence-electron chi connectivity index (χ2n) is 7.03. The molecule has 0 spiro atoms. The molecular formula is C20H19ClF3N3O4S. The van der Waals surface area contributed by atoms with Crippen LogP contribution in [-0.2, 0) is 25.8 Å². The van der Waals surface area contributed by atoms with Crippen molar-refractivity contribution in [3.8, 4) is 0 Å². The fourth-order valence-corrected chi connectivity index (χ4v) is 4.45. The Morgan fingerprint density at radius 2 is 1.91 bits per heavy atom. The number of anilines is 2. The first-order valence-corrected chi connectivity index (χ1v) is 11.4. The topological polar surface area (TPSA) is 95.6 Å². The molecule has 32 heavy (non-hydrogen) atoms. The number of nitrogens with zero attached hydrogens (tertiary/aromatic N) is 1. The Bertz CT molecular complexity index is 1140. The van der Waals surface area contributed by atoms with Crippen molar-refractivity contribution in [2.24, 2.45) is 0 Å². The Balaban J connectivity index is 1.58. The summed E-state index contributed by atoms with van der Waals surface area (Å²) in [5, 5.41) is 1.99. The molecule has 2 N–H and O–H groups in total. The third-order valence-corrected chi connectivity index (χ3v) is 6.50. The first-order chi connectivity index (χ1) is 15.0. The van der Waals surface area contributed by atoms with Gasteiger partial charge in [0, 0.05) is 37.3 Å². The zero-order valence-corrected chi connectivity index (χ0v) is 18.1. The zero-order valence-electron chi connectivity index (χ0n) is 16.6. The molecule has 0 radical (unpaired) electrons. The van der Waals surface area contributed by atoms with E-state index in [-0.39, 0.29) is 18.9 Å². The van der Waals surface area contributed by atoms with Crippen molar-refractivity contribution in [3.05, 3.63) is 53.1 Å². The lowest BCUT2D eigenvalue weighted by Gasteiger charge is -2.16. The predicted molar refractivity (Wildman–Crippen MR) is 113 cm³/mol. The van der Waals surface area contributed by atoms with Gasteiger partial charge in [-0.15, -0.1) is 0 Å². The Kier molecular flexibility index (Phi) is 7.11. The van der Waals surface area contributed by atoms with Crippen molar-refractivity contribution in [3.63, 3.8) is 0 Å². The maximum Gasteiger partial charge on any atom is 0.417 e. The van der Waals surface area contributed by atoms with Gasteiger partial charge in [-0.05, 0) is 42.8 Å². The fourth-order valence-electron chi connectivity index (χ4n) is 3.17. The SMILES string of the molecule is O=C(CCNS(=O)(=O)c1ccc(Cl)c(C(F)(F)F)c1)Nc1cccc(N2CCCC2=O)c1. The molecule has 7 nitrogen and oxygen atoms in total. The maximum atomic E-state index is 13.0. The number of nitrogens with one attached hydrogen (secondary N) is 2. The van der Waals surface area contributed by atoms with Crippen molar-refractivity contribution < 1.29 is 31.2 Å². The average molecular weight is 490 g/mol. The van der Waals surface area contributed by atoms with Crippen LogP contribution in [0.1, 0.15) is 24.8 Å². The van der Waals surface area contributed by atoms with E-state index in [4.69, 9.17) is 11.6 Å². The van der Waals surface area contributed by atoms with Gasteiger partial charge in [0.15, 0.2) is 0 Å². The Morgan fingerprint density at radius 3 is 2.56 bits per heavy atom. The highest BCUT2D eigenvalue weighted by Gasteiger charge is 2.34. The second-order valence-corrected chi connectivity index (χ2v) is 9.21. The normalized spacial score (nSPS) is 14.6. The van der Waals surface area contributed by atoms with Crippen LogP contribution in [0.25, 0.3) is 0 Å². The molecule has 0 unspecified atom stereocenters. The Hall–Kier alpha value is -2.63. The van der Waals surface area contributed by atoms with Gasteiger partial charge in [0.2, 0.25) is 21.8 Å². The van der Waals surface area contributed by atoms with E-state index in [9.17, 15) is 31.2 Å². The van der Waals surface area contributed by atoms with Crippen LogP contribution in [0.2, 0.25) is 5.02 Å². The zero-order chi connectivity index (χ0) is 23.5. The van der Waals surface area contributed by atoms with Gasteiger partial charge >= 0.3 is 6.18 Å². The van der Waals surface area contributed by atoms with Crippen LogP contribution in [0.15, 0.2) is 47.4 Å². The van der Waals surface area contributed by atoms with E-state index in [2.05, 4.69) is 10.0 Å². The number of halogens is 4. The van der Waals surface area contributed by atoms with E-state index in [1.165, 1.54) is 0 Å². The lowest BCUT2D eigenvalue weighted by Crippen LogP contribution is -2.28. The van der Waals surface area contributed by atoms with E-state index in [0.717, 1.165) is 18.6 Å². The number of sulfonamides is 1. The molecule has 1 fully saturated rings. The van der Waals surface area contributed by atoms with Crippen molar-refractivity contribution in [1.29, 1.82) is 0 Å². The molecule has 2 aromatic carbocycles. The summed E-state index contributed by atoms with van der Waals surface area (Å²) < 4.78 is 65.6. The molecule has 12 heteroatoms. The number of carbonyl (C=O) groups is 2. The van der Waals surface area contributed by atoms with Crippen LogP contribution in [0.3, 0.4) is 0 Å². The molecule has 2 amide bonds. The van der Waals surface area contributed by atoms with Crippen LogP contribution in [-0.4, -0.2) is 33.3 Å². The molecule has 172 valence electrons. The highest BCUT2D eigenvalue weighted by molar-refractivity contribution is 7.89. The Labute approximate surface area is 187 Å². The summed E-state index contributed by atoms with van der Waals surface area (Å²) in [4.78, 5) is 25.0. The highest BCUT2D eigenvalue weighted by Crippen LogP contribution is 2.35. The summed E-state index contributed by atoms with van der Waals surface area (Å²) in [7, 11) is -4.29. The number of rotatable bonds is 7. The van der Waals surface area contributed by atoms with Crippen molar-refractivity contribution >= 4 is 44.8 Å². The van der Waals surface area contributed by atoms with Crippen molar-refractivity contribution in [2.75, 3.05) is 23.3 Å². The van der Waals surface area contributed by atoms with E-state index in [0.29, 0.717) is 30.4 Å². The van der Waals surface area contributed by atoms with E-state index < -0.39 is 37.6 Å².